The van der Waals surface area contributed by atoms with E-state index in [1.807, 2.05) is 13.8 Å². The first kappa shape index (κ1) is 18.4. The van der Waals surface area contributed by atoms with Gasteiger partial charge in [-0.2, -0.15) is 0 Å². The van der Waals surface area contributed by atoms with Gasteiger partial charge in [-0.25, -0.2) is 17.5 Å². The molecule has 0 spiro atoms. The van der Waals surface area contributed by atoms with Crippen LogP contribution in [-0.4, -0.2) is 20.8 Å². The lowest BCUT2D eigenvalue weighted by molar-refractivity contribution is 0.304. The molecule has 1 rings (SSSR count). The third kappa shape index (κ3) is 4.18. The van der Waals surface area contributed by atoms with Gasteiger partial charge in [-0.15, -0.1) is 11.6 Å². The second-order valence-corrected chi connectivity index (χ2v) is 7.51. The molecule has 1 aromatic rings. The molecular weight excluding hydrogens is 313 g/mol. The van der Waals surface area contributed by atoms with Crippen LogP contribution in [0.3, 0.4) is 0 Å². The summed E-state index contributed by atoms with van der Waals surface area (Å²) in [6.45, 7) is 7.46. The molecule has 0 bridgehead atoms. The maximum atomic E-state index is 13.3. The molecule has 0 aliphatic heterocycles. The van der Waals surface area contributed by atoms with Crippen molar-refractivity contribution in [3.05, 3.63) is 29.1 Å². The van der Waals surface area contributed by atoms with Crippen molar-refractivity contribution in [3.63, 3.8) is 0 Å². The Morgan fingerprint density at radius 2 is 1.67 bits per heavy atom. The maximum Gasteiger partial charge on any atom is 0.241 e. The molecule has 120 valence electrons. The number of benzene rings is 1. The lowest BCUT2D eigenvalue weighted by Gasteiger charge is -2.29. The molecular formula is C15H23ClFNO2S. The van der Waals surface area contributed by atoms with Crippen LogP contribution in [0.2, 0.25) is 0 Å². The molecule has 0 saturated heterocycles. The van der Waals surface area contributed by atoms with Crippen LogP contribution in [0.5, 0.6) is 0 Å². The Morgan fingerprint density at radius 3 is 2.05 bits per heavy atom. The van der Waals surface area contributed by atoms with Gasteiger partial charge < -0.3 is 0 Å². The van der Waals surface area contributed by atoms with Crippen molar-refractivity contribution < 1.29 is 12.8 Å². The van der Waals surface area contributed by atoms with E-state index in [0.717, 1.165) is 12.8 Å². The number of alkyl halides is 1. The minimum atomic E-state index is -3.68. The van der Waals surface area contributed by atoms with Crippen LogP contribution in [0.4, 0.5) is 4.39 Å². The summed E-state index contributed by atoms with van der Waals surface area (Å²) in [6, 6.07) is 2.46. The van der Waals surface area contributed by atoms with Crippen LogP contribution >= 0.6 is 11.6 Å². The fourth-order valence-electron chi connectivity index (χ4n) is 2.38. The molecule has 3 nitrogen and oxygen atoms in total. The van der Waals surface area contributed by atoms with Crippen molar-refractivity contribution in [3.8, 4) is 0 Å². The van der Waals surface area contributed by atoms with E-state index in [1.165, 1.54) is 12.1 Å². The summed E-state index contributed by atoms with van der Waals surface area (Å²) in [5.74, 6) is -0.0367. The van der Waals surface area contributed by atoms with Crippen LogP contribution in [0.25, 0.3) is 0 Å². The van der Waals surface area contributed by atoms with Gasteiger partial charge in [0.15, 0.2) is 0 Å². The molecule has 1 N–H and O–H groups in total. The molecule has 0 aliphatic carbocycles. The molecule has 0 atom stereocenters. The van der Waals surface area contributed by atoms with Gasteiger partial charge in [0.1, 0.15) is 5.82 Å². The Balaban J connectivity index is 3.09. The third-order valence-corrected chi connectivity index (χ3v) is 6.39. The zero-order valence-electron chi connectivity index (χ0n) is 13.0. The number of halogens is 2. The molecule has 0 heterocycles. The highest BCUT2D eigenvalue weighted by Gasteiger charge is 2.29. The second kappa shape index (κ2) is 7.07. The van der Waals surface area contributed by atoms with Gasteiger partial charge in [0.2, 0.25) is 10.0 Å². The Kier molecular flexibility index (Phi) is 6.20. The quantitative estimate of drug-likeness (QED) is 0.771. The number of sulfonamides is 1. The summed E-state index contributed by atoms with van der Waals surface area (Å²) in [6.07, 6.45) is 1.58. The summed E-state index contributed by atoms with van der Waals surface area (Å²) in [7, 11) is -3.68. The predicted molar refractivity (Wildman–Crippen MR) is 84.8 cm³/mol. The minimum absolute atomic E-state index is 0.152. The first-order valence-corrected chi connectivity index (χ1v) is 9.05. The van der Waals surface area contributed by atoms with Gasteiger partial charge in [-0.05, 0) is 55.4 Å². The highest BCUT2D eigenvalue weighted by Crippen LogP contribution is 2.28. The SMILES string of the molecule is CCC(CC)(CCl)CNS(=O)(=O)c1c(C)cc(F)cc1C. The van der Waals surface area contributed by atoms with Crippen molar-refractivity contribution >= 4 is 21.6 Å². The lowest BCUT2D eigenvalue weighted by atomic mass is 9.85. The van der Waals surface area contributed by atoms with E-state index < -0.39 is 15.8 Å². The van der Waals surface area contributed by atoms with Crippen molar-refractivity contribution in [2.24, 2.45) is 5.41 Å². The Hall–Kier alpha value is -0.650. The number of rotatable bonds is 7. The molecule has 6 heteroatoms. The summed E-state index contributed by atoms with van der Waals surface area (Å²) in [5, 5.41) is 0. The van der Waals surface area contributed by atoms with Crippen molar-refractivity contribution in [1.82, 2.24) is 4.72 Å². The molecule has 21 heavy (non-hydrogen) atoms. The topological polar surface area (TPSA) is 46.2 Å². The monoisotopic (exact) mass is 335 g/mol. The predicted octanol–water partition coefficient (Wildman–Crippen LogP) is 3.77. The van der Waals surface area contributed by atoms with Crippen molar-refractivity contribution in [1.29, 1.82) is 0 Å². The van der Waals surface area contributed by atoms with Gasteiger partial charge >= 0.3 is 0 Å². The largest absolute Gasteiger partial charge is 0.241 e. The van der Waals surface area contributed by atoms with Gasteiger partial charge in [0.25, 0.3) is 0 Å². The van der Waals surface area contributed by atoms with Crippen LogP contribution < -0.4 is 4.72 Å². The van der Waals surface area contributed by atoms with E-state index in [9.17, 15) is 12.8 Å². The number of nitrogens with one attached hydrogen (secondary N) is 1. The van der Waals surface area contributed by atoms with Crippen LogP contribution in [0.1, 0.15) is 37.8 Å². The molecule has 0 aromatic heterocycles. The summed E-state index contributed by atoms with van der Waals surface area (Å²) < 4.78 is 40.9. The summed E-state index contributed by atoms with van der Waals surface area (Å²) in [4.78, 5) is 0.152. The normalized spacial score (nSPS) is 12.7. The van der Waals surface area contributed by atoms with E-state index in [-0.39, 0.29) is 16.9 Å². The lowest BCUT2D eigenvalue weighted by Crippen LogP contribution is -2.38. The third-order valence-electron chi connectivity index (χ3n) is 4.11. The zero-order chi connectivity index (χ0) is 16.3. The molecule has 0 saturated carbocycles. The molecule has 1 aromatic carbocycles. The number of aryl methyl sites for hydroxylation is 2. The molecule has 0 unspecified atom stereocenters. The molecule has 0 radical (unpaired) electrons. The van der Waals surface area contributed by atoms with Crippen LogP contribution in [0, 0.1) is 25.1 Å². The summed E-state index contributed by atoms with van der Waals surface area (Å²) >= 11 is 6.00. The Morgan fingerprint density at radius 1 is 1.19 bits per heavy atom. The van der Waals surface area contributed by atoms with E-state index in [1.54, 1.807) is 13.8 Å². The molecule has 0 aliphatic rings. The standard InChI is InChI=1S/C15H23ClFNO2S/c1-5-15(6-2,9-16)10-18-21(19,20)14-11(3)7-13(17)8-12(14)4/h7-8,18H,5-6,9-10H2,1-4H3. The van der Waals surface area contributed by atoms with E-state index in [0.29, 0.717) is 17.0 Å². The van der Waals surface area contributed by atoms with Gasteiger partial charge in [-0.1, -0.05) is 13.8 Å². The number of hydrogen-bond donors (Lipinski definition) is 1. The smallest absolute Gasteiger partial charge is 0.211 e. The first-order valence-electron chi connectivity index (χ1n) is 7.03. The van der Waals surface area contributed by atoms with Gasteiger partial charge in [0, 0.05) is 12.4 Å². The van der Waals surface area contributed by atoms with E-state index >= 15 is 0 Å². The van der Waals surface area contributed by atoms with E-state index in [2.05, 4.69) is 4.72 Å². The highest BCUT2D eigenvalue weighted by molar-refractivity contribution is 7.89. The molecule has 0 fully saturated rings. The van der Waals surface area contributed by atoms with Crippen molar-refractivity contribution in [2.45, 2.75) is 45.4 Å². The Bertz CT molecular complexity index is 566. The highest BCUT2D eigenvalue weighted by atomic mass is 35.5. The Labute approximate surface area is 131 Å². The van der Waals surface area contributed by atoms with Gasteiger partial charge in [-0.3, -0.25) is 0 Å². The first-order chi connectivity index (χ1) is 9.71. The fourth-order valence-corrected chi connectivity index (χ4v) is 4.46. The van der Waals surface area contributed by atoms with Crippen LogP contribution in [0.15, 0.2) is 17.0 Å². The maximum absolute atomic E-state index is 13.3. The number of hydrogen-bond acceptors (Lipinski definition) is 2. The minimum Gasteiger partial charge on any atom is -0.211 e. The summed E-state index contributed by atoms with van der Waals surface area (Å²) in [5.41, 5.74) is 0.560. The van der Waals surface area contributed by atoms with Crippen LogP contribution in [-0.2, 0) is 10.0 Å². The average Bonchev–Trinajstić information content (AvgIpc) is 2.39. The van der Waals surface area contributed by atoms with E-state index in [4.69, 9.17) is 11.6 Å². The van der Waals surface area contributed by atoms with Gasteiger partial charge in [0.05, 0.1) is 4.90 Å². The second-order valence-electron chi connectivity index (χ2n) is 5.53. The van der Waals surface area contributed by atoms with Crippen molar-refractivity contribution in [2.75, 3.05) is 12.4 Å². The average molecular weight is 336 g/mol. The fraction of sp³-hybridized carbons (Fsp3) is 0.600. The molecule has 0 amide bonds. The zero-order valence-corrected chi connectivity index (χ0v) is 14.5.